The number of ether oxygens (including phenoxy) is 1. The van der Waals surface area contributed by atoms with E-state index in [4.69, 9.17) is 0 Å². The summed E-state index contributed by atoms with van der Waals surface area (Å²) in [5, 5.41) is 7.22. The van der Waals surface area contributed by atoms with Gasteiger partial charge in [-0.25, -0.2) is 0 Å². The molecular weight excluding hydrogens is 335 g/mol. The first-order chi connectivity index (χ1) is 11.8. The van der Waals surface area contributed by atoms with Gasteiger partial charge in [0.15, 0.2) is 0 Å². The van der Waals surface area contributed by atoms with Gasteiger partial charge >= 0.3 is 6.36 Å². The highest BCUT2D eigenvalue weighted by Gasteiger charge is 2.31. The molecule has 1 unspecified atom stereocenters. The highest BCUT2D eigenvalue weighted by Crippen LogP contribution is 2.29. The second kappa shape index (κ2) is 6.78. The molecule has 0 saturated heterocycles. The maximum absolute atomic E-state index is 12.3. The van der Waals surface area contributed by atoms with E-state index in [9.17, 15) is 18.0 Å². The van der Waals surface area contributed by atoms with Crippen LogP contribution in [0.3, 0.4) is 0 Å². The molecule has 1 aromatic carbocycles. The Morgan fingerprint density at radius 2 is 2.08 bits per heavy atom. The zero-order valence-corrected chi connectivity index (χ0v) is 13.6. The van der Waals surface area contributed by atoms with E-state index in [0.29, 0.717) is 5.56 Å². The number of aromatic nitrogens is 2. The molecule has 1 heterocycles. The number of rotatable bonds is 4. The number of fused-ring (bicyclic) bond motifs is 1. The number of hydrogen-bond acceptors (Lipinski definition) is 3. The van der Waals surface area contributed by atoms with Gasteiger partial charge in [0.05, 0.1) is 18.7 Å². The Morgan fingerprint density at radius 1 is 1.36 bits per heavy atom. The van der Waals surface area contributed by atoms with Crippen LogP contribution in [0.5, 0.6) is 5.75 Å². The van der Waals surface area contributed by atoms with E-state index in [2.05, 4.69) is 15.2 Å². The van der Waals surface area contributed by atoms with Crippen molar-refractivity contribution < 1.29 is 22.7 Å². The van der Waals surface area contributed by atoms with Gasteiger partial charge in [-0.15, -0.1) is 13.2 Å². The standard InChI is InChI=1S/C17H18F3N3O2/c1-23-15-4-2-3-14(13(15)10-21-23)22-16(24)9-11-5-7-12(8-6-11)25-17(18,19)20/h5-8,10,14H,2-4,9H2,1H3,(H,22,24). The number of carbonyl (C=O) groups excluding carboxylic acids is 1. The van der Waals surface area contributed by atoms with Crippen LogP contribution in [0.2, 0.25) is 0 Å². The van der Waals surface area contributed by atoms with Crippen LogP contribution in [0.25, 0.3) is 0 Å². The minimum atomic E-state index is -4.72. The lowest BCUT2D eigenvalue weighted by Gasteiger charge is -2.23. The van der Waals surface area contributed by atoms with Crippen LogP contribution in [0.4, 0.5) is 13.2 Å². The van der Waals surface area contributed by atoms with E-state index in [0.717, 1.165) is 30.5 Å². The number of halogens is 3. The first-order valence-corrected chi connectivity index (χ1v) is 7.96. The van der Waals surface area contributed by atoms with Crippen LogP contribution in [-0.2, 0) is 24.7 Å². The molecule has 0 saturated carbocycles. The topological polar surface area (TPSA) is 56.2 Å². The number of alkyl halides is 3. The minimum absolute atomic E-state index is 0.0715. The fourth-order valence-corrected chi connectivity index (χ4v) is 3.10. The van der Waals surface area contributed by atoms with Gasteiger partial charge in [-0.1, -0.05) is 12.1 Å². The Morgan fingerprint density at radius 3 is 2.76 bits per heavy atom. The zero-order chi connectivity index (χ0) is 18.0. The zero-order valence-electron chi connectivity index (χ0n) is 13.6. The van der Waals surface area contributed by atoms with E-state index in [-0.39, 0.29) is 24.1 Å². The summed E-state index contributed by atoms with van der Waals surface area (Å²) in [7, 11) is 1.88. The predicted molar refractivity (Wildman–Crippen MR) is 83.9 cm³/mol. The van der Waals surface area contributed by atoms with Crippen molar-refractivity contribution in [2.24, 2.45) is 7.05 Å². The third-order valence-corrected chi connectivity index (χ3v) is 4.23. The fourth-order valence-electron chi connectivity index (χ4n) is 3.10. The summed E-state index contributed by atoms with van der Waals surface area (Å²) in [5.74, 6) is -0.477. The highest BCUT2D eigenvalue weighted by atomic mass is 19.4. The minimum Gasteiger partial charge on any atom is -0.406 e. The number of nitrogens with one attached hydrogen (secondary N) is 1. The normalized spacial score (nSPS) is 17.0. The highest BCUT2D eigenvalue weighted by molar-refractivity contribution is 5.79. The van der Waals surface area contributed by atoms with E-state index in [1.54, 1.807) is 6.20 Å². The first kappa shape index (κ1) is 17.3. The van der Waals surface area contributed by atoms with Crippen LogP contribution in [-0.4, -0.2) is 22.1 Å². The Kier molecular flexibility index (Phi) is 4.69. The molecule has 3 rings (SSSR count). The Labute approximate surface area is 142 Å². The van der Waals surface area contributed by atoms with Gasteiger partial charge < -0.3 is 10.1 Å². The molecule has 0 fully saturated rings. The van der Waals surface area contributed by atoms with Gasteiger partial charge in [0.1, 0.15) is 5.75 Å². The van der Waals surface area contributed by atoms with E-state index in [1.165, 1.54) is 24.3 Å². The summed E-state index contributed by atoms with van der Waals surface area (Å²) in [6.07, 6.45) is -0.0783. The lowest BCUT2D eigenvalue weighted by atomic mass is 9.93. The quantitative estimate of drug-likeness (QED) is 0.919. The van der Waals surface area contributed by atoms with Crippen molar-refractivity contribution in [2.45, 2.75) is 38.1 Å². The van der Waals surface area contributed by atoms with Crippen molar-refractivity contribution in [3.63, 3.8) is 0 Å². The van der Waals surface area contributed by atoms with Crippen molar-refractivity contribution in [3.8, 4) is 5.75 Å². The van der Waals surface area contributed by atoms with Gasteiger partial charge in [-0.3, -0.25) is 9.48 Å². The Bertz CT molecular complexity index is 753. The van der Waals surface area contributed by atoms with Crippen molar-refractivity contribution in [2.75, 3.05) is 0 Å². The molecule has 5 nitrogen and oxygen atoms in total. The molecule has 1 aliphatic rings. The number of nitrogens with zero attached hydrogens (tertiary/aromatic N) is 2. The molecule has 0 radical (unpaired) electrons. The van der Waals surface area contributed by atoms with E-state index >= 15 is 0 Å². The molecule has 0 bridgehead atoms. The molecule has 134 valence electrons. The molecular formula is C17H18F3N3O2. The molecule has 2 aromatic rings. The summed E-state index contributed by atoms with van der Waals surface area (Å²) in [4.78, 5) is 12.3. The SMILES string of the molecule is Cn1ncc2c1CCCC2NC(=O)Cc1ccc(OC(F)(F)F)cc1. The maximum atomic E-state index is 12.3. The number of benzene rings is 1. The number of aryl methyl sites for hydroxylation is 1. The van der Waals surface area contributed by atoms with Crippen molar-refractivity contribution in [1.29, 1.82) is 0 Å². The fraction of sp³-hybridized carbons (Fsp3) is 0.412. The predicted octanol–water partition coefficient (Wildman–Crippen LogP) is 3.06. The van der Waals surface area contributed by atoms with Gasteiger partial charge in [0, 0.05) is 18.3 Å². The molecule has 0 spiro atoms. The summed E-state index contributed by atoms with van der Waals surface area (Å²) in [6, 6.07) is 5.25. The lowest BCUT2D eigenvalue weighted by Crippen LogP contribution is -2.32. The second-order valence-electron chi connectivity index (χ2n) is 6.05. The molecule has 1 aromatic heterocycles. The Hall–Kier alpha value is -2.51. The van der Waals surface area contributed by atoms with Crippen molar-refractivity contribution >= 4 is 5.91 Å². The molecule has 0 aliphatic heterocycles. The van der Waals surface area contributed by atoms with Gasteiger partial charge in [-0.05, 0) is 37.0 Å². The van der Waals surface area contributed by atoms with E-state index in [1.807, 2.05) is 11.7 Å². The lowest BCUT2D eigenvalue weighted by molar-refractivity contribution is -0.274. The van der Waals surface area contributed by atoms with Crippen LogP contribution in [0.1, 0.15) is 35.7 Å². The summed E-state index contributed by atoms with van der Waals surface area (Å²) in [6.45, 7) is 0. The van der Waals surface area contributed by atoms with Crippen LogP contribution < -0.4 is 10.1 Å². The smallest absolute Gasteiger partial charge is 0.406 e. The van der Waals surface area contributed by atoms with Crippen LogP contribution in [0, 0.1) is 0 Å². The number of amides is 1. The molecule has 1 atom stereocenters. The monoisotopic (exact) mass is 353 g/mol. The molecule has 25 heavy (non-hydrogen) atoms. The van der Waals surface area contributed by atoms with Gasteiger partial charge in [0.2, 0.25) is 5.91 Å². The second-order valence-corrected chi connectivity index (χ2v) is 6.05. The average Bonchev–Trinajstić information content (AvgIpc) is 2.91. The summed E-state index contributed by atoms with van der Waals surface area (Å²) < 4.78 is 42.1. The first-order valence-electron chi connectivity index (χ1n) is 7.96. The van der Waals surface area contributed by atoms with Crippen molar-refractivity contribution in [3.05, 3.63) is 47.3 Å². The maximum Gasteiger partial charge on any atom is 0.573 e. The number of hydrogen-bond donors (Lipinski definition) is 1. The summed E-state index contributed by atoms with van der Waals surface area (Å²) in [5.41, 5.74) is 2.79. The van der Waals surface area contributed by atoms with Crippen LogP contribution >= 0.6 is 0 Å². The third-order valence-electron chi connectivity index (χ3n) is 4.23. The molecule has 1 amide bonds. The van der Waals surface area contributed by atoms with Crippen LogP contribution in [0.15, 0.2) is 30.5 Å². The van der Waals surface area contributed by atoms with Crippen molar-refractivity contribution in [1.82, 2.24) is 15.1 Å². The molecule has 1 N–H and O–H groups in total. The molecule has 8 heteroatoms. The molecule has 1 aliphatic carbocycles. The van der Waals surface area contributed by atoms with E-state index < -0.39 is 6.36 Å². The average molecular weight is 353 g/mol. The third kappa shape index (κ3) is 4.32. The Balaban J connectivity index is 1.60. The summed E-state index contributed by atoms with van der Waals surface area (Å²) >= 11 is 0. The van der Waals surface area contributed by atoms with Gasteiger partial charge in [0.25, 0.3) is 0 Å². The largest absolute Gasteiger partial charge is 0.573 e. The van der Waals surface area contributed by atoms with Gasteiger partial charge in [-0.2, -0.15) is 5.10 Å². The number of carbonyl (C=O) groups is 1.